The van der Waals surface area contributed by atoms with E-state index in [-0.39, 0.29) is 27.7 Å². The zero-order valence-corrected chi connectivity index (χ0v) is 15.2. The minimum atomic E-state index is -4.19. The van der Waals surface area contributed by atoms with Gasteiger partial charge in [-0.1, -0.05) is 0 Å². The van der Waals surface area contributed by atoms with E-state index in [4.69, 9.17) is 4.18 Å². The number of nitrogens with zero attached hydrogens (tertiary/aromatic N) is 1. The molecule has 0 saturated carbocycles. The van der Waals surface area contributed by atoms with Crippen LogP contribution < -0.4 is 9.90 Å². The van der Waals surface area contributed by atoms with Gasteiger partial charge < -0.3 is 0 Å². The summed E-state index contributed by atoms with van der Waals surface area (Å²) in [5.74, 6) is 0. The summed E-state index contributed by atoms with van der Waals surface area (Å²) < 4.78 is 54.9. The zero-order valence-electron chi connectivity index (χ0n) is 13.6. The second kappa shape index (κ2) is 8.30. The molecular formula is C14H14N3O8S2+. The lowest BCUT2D eigenvalue weighted by atomic mass is 10.3. The Kier molecular flexibility index (Phi) is 6.32. The number of benzene rings is 2. The first-order chi connectivity index (χ1) is 12.7. The van der Waals surface area contributed by atoms with E-state index >= 15 is 0 Å². The van der Waals surface area contributed by atoms with Crippen LogP contribution in [0.4, 0.5) is 11.4 Å². The van der Waals surface area contributed by atoms with Crippen molar-refractivity contribution >= 4 is 31.5 Å². The van der Waals surface area contributed by atoms with Crippen LogP contribution in [0.25, 0.3) is 0 Å². The highest BCUT2D eigenvalue weighted by molar-refractivity contribution is 7.89. The van der Waals surface area contributed by atoms with Gasteiger partial charge in [0.05, 0.1) is 21.3 Å². The summed E-state index contributed by atoms with van der Waals surface area (Å²) in [7, 11) is -8.11. The number of nitrogens with one attached hydrogen (secondary N) is 2. The molecule has 2 aromatic rings. The van der Waals surface area contributed by atoms with E-state index < -0.39 is 31.7 Å². The van der Waals surface area contributed by atoms with Crippen molar-refractivity contribution in [2.45, 2.75) is 9.79 Å². The SMILES string of the molecule is O=[NH+]c1ccc(S(=O)(=O)NCCOS(=O)(=O)c2ccc([N+](=O)[O-])cc2)cc1. The first-order valence-corrected chi connectivity index (χ1v) is 10.2. The fourth-order valence-electron chi connectivity index (χ4n) is 1.92. The molecule has 27 heavy (non-hydrogen) atoms. The first kappa shape index (κ1) is 20.6. The molecule has 0 fully saturated rings. The maximum atomic E-state index is 12.0. The zero-order chi connectivity index (χ0) is 20.1. The molecule has 2 N–H and O–H groups in total. The highest BCUT2D eigenvalue weighted by atomic mass is 32.2. The molecule has 13 heteroatoms. The van der Waals surface area contributed by atoms with Crippen LogP contribution in [0.1, 0.15) is 0 Å². The molecule has 0 aliphatic heterocycles. The van der Waals surface area contributed by atoms with Crippen molar-refractivity contribution in [3.05, 3.63) is 63.6 Å². The molecule has 0 saturated heterocycles. The highest BCUT2D eigenvalue weighted by Gasteiger charge is 2.18. The average Bonchev–Trinajstić information content (AvgIpc) is 2.65. The largest absolute Gasteiger partial charge is 0.297 e. The molecule has 0 spiro atoms. The topological polar surface area (TPSA) is 164 Å². The van der Waals surface area contributed by atoms with Gasteiger partial charge in [-0.2, -0.15) is 8.42 Å². The number of hydrogen-bond donors (Lipinski definition) is 2. The fraction of sp³-hybridized carbons (Fsp3) is 0.143. The second-order valence-electron chi connectivity index (χ2n) is 5.05. The monoisotopic (exact) mass is 416 g/mol. The lowest BCUT2D eigenvalue weighted by molar-refractivity contribution is -0.384. The summed E-state index contributed by atoms with van der Waals surface area (Å²) in [5, 5.41) is 12.2. The molecule has 0 aliphatic rings. The smallest absolute Gasteiger partial charge is 0.265 e. The third-order valence-electron chi connectivity index (χ3n) is 3.25. The van der Waals surface area contributed by atoms with E-state index in [2.05, 4.69) is 4.72 Å². The molecule has 0 amide bonds. The van der Waals surface area contributed by atoms with Crippen LogP contribution in [0.15, 0.2) is 58.3 Å². The third kappa shape index (κ3) is 5.37. The predicted molar refractivity (Wildman–Crippen MR) is 91.9 cm³/mol. The Labute approximate surface area is 154 Å². The van der Waals surface area contributed by atoms with Crippen LogP contribution in [0.5, 0.6) is 0 Å². The molecule has 0 aromatic heterocycles. The van der Waals surface area contributed by atoms with Crippen LogP contribution in [0, 0.1) is 15.0 Å². The van der Waals surface area contributed by atoms with Gasteiger partial charge in [0, 0.05) is 40.9 Å². The van der Waals surface area contributed by atoms with Crippen molar-refractivity contribution in [2.24, 2.45) is 0 Å². The van der Waals surface area contributed by atoms with Crippen molar-refractivity contribution in [1.82, 2.24) is 4.72 Å². The normalized spacial score (nSPS) is 11.9. The number of hydrogen-bond acceptors (Lipinski definition) is 8. The van der Waals surface area contributed by atoms with Crippen molar-refractivity contribution in [3.63, 3.8) is 0 Å². The van der Waals surface area contributed by atoms with E-state index in [0.717, 1.165) is 24.3 Å². The lowest BCUT2D eigenvalue weighted by Gasteiger charge is -2.08. The standard InChI is InChI=1S/C14H13N3O8S2/c18-16-11-1-5-13(6-2-11)26(21,22)15-9-10-25-27(23,24)14-7-3-12(4-8-14)17(19)20/h1-8,15H,9-10H2/p+1. The summed E-state index contributed by atoms with van der Waals surface area (Å²) in [6.07, 6.45) is 0. The Hall–Kier alpha value is -2.74. The second-order valence-corrected chi connectivity index (χ2v) is 8.43. The molecule has 144 valence electrons. The molecule has 0 radical (unpaired) electrons. The van der Waals surface area contributed by atoms with Gasteiger partial charge in [-0.25, -0.2) is 13.1 Å². The minimum Gasteiger partial charge on any atom is -0.265 e. The Bertz CT molecular complexity index is 1030. The molecule has 0 heterocycles. The maximum Gasteiger partial charge on any atom is 0.297 e. The Balaban J connectivity index is 1.94. The van der Waals surface area contributed by atoms with Crippen molar-refractivity contribution in [3.8, 4) is 0 Å². The average molecular weight is 416 g/mol. The quantitative estimate of drug-likeness (QED) is 0.245. The van der Waals surface area contributed by atoms with Crippen LogP contribution >= 0.6 is 0 Å². The van der Waals surface area contributed by atoms with E-state index in [9.17, 15) is 31.9 Å². The molecular weight excluding hydrogens is 402 g/mol. The molecule has 2 aromatic carbocycles. The third-order valence-corrected chi connectivity index (χ3v) is 6.05. The molecule has 0 atom stereocenters. The van der Waals surface area contributed by atoms with Gasteiger partial charge in [0.1, 0.15) is 0 Å². The van der Waals surface area contributed by atoms with E-state index in [1.807, 2.05) is 0 Å². The first-order valence-electron chi connectivity index (χ1n) is 7.27. The summed E-state index contributed by atoms with van der Waals surface area (Å²) in [5.41, 5.74) is -0.0913. The summed E-state index contributed by atoms with van der Waals surface area (Å²) >= 11 is 0. The minimum absolute atomic E-state index is 0.111. The summed E-state index contributed by atoms with van der Waals surface area (Å²) in [4.78, 5) is 19.9. The van der Waals surface area contributed by atoms with Crippen molar-refractivity contribution in [2.75, 3.05) is 13.2 Å². The maximum absolute atomic E-state index is 12.0. The van der Waals surface area contributed by atoms with Crippen LogP contribution in [0.3, 0.4) is 0 Å². The number of sulfonamides is 1. The Morgan fingerprint density at radius 2 is 1.52 bits per heavy atom. The van der Waals surface area contributed by atoms with Crippen LogP contribution in [-0.4, -0.2) is 34.9 Å². The van der Waals surface area contributed by atoms with Gasteiger partial charge in [0.25, 0.3) is 21.5 Å². The molecule has 2 rings (SSSR count). The van der Waals surface area contributed by atoms with Crippen LogP contribution in [0.2, 0.25) is 0 Å². The van der Waals surface area contributed by atoms with Crippen molar-refractivity contribution < 1.29 is 31.1 Å². The number of nitro benzene ring substituents is 1. The number of rotatable bonds is 9. The molecule has 0 bridgehead atoms. The van der Waals surface area contributed by atoms with E-state index in [0.29, 0.717) is 0 Å². The Morgan fingerprint density at radius 3 is 2.04 bits per heavy atom. The fourth-order valence-corrected chi connectivity index (χ4v) is 3.84. The van der Waals surface area contributed by atoms with Gasteiger partial charge in [-0.05, 0) is 24.3 Å². The van der Waals surface area contributed by atoms with E-state index in [1.165, 1.54) is 24.3 Å². The van der Waals surface area contributed by atoms with Gasteiger partial charge in [-0.3, -0.25) is 14.3 Å². The highest BCUT2D eigenvalue weighted by Crippen LogP contribution is 2.17. The number of nitro groups is 1. The predicted octanol–water partition coefficient (Wildman–Crippen LogP) is -0.243. The summed E-state index contributed by atoms with van der Waals surface area (Å²) in [6.45, 7) is -0.825. The Morgan fingerprint density at radius 1 is 0.963 bits per heavy atom. The lowest BCUT2D eigenvalue weighted by Crippen LogP contribution is -2.55. The van der Waals surface area contributed by atoms with Crippen LogP contribution in [-0.2, 0) is 24.3 Å². The number of nitroso groups, excluding NO2 is 1. The van der Waals surface area contributed by atoms with Gasteiger partial charge in [-0.15, -0.1) is 0 Å². The van der Waals surface area contributed by atoms with Gasteiger partial charge >= 0.3 is 0 Å². The molecule has 0 unspecified atom stereocenters. The van der Waals surface area contributed by atoms with E-state index in [1.54, 1.807) is 5.18 Å². The molecule has 0 aliphatic carbocycles. The molecule has 11 nitrogen and oxygen atoms in total. The van der Waals surface area contributed by atoms with Gasteiger partial charge in [0.15, 0.2) is 0 Å². The van der Waals surface area contributed by atoms with Gasteiger partial charge in [0.2, 0.25) is 10.0 Å². The van der Waals surface area contributed by atoms with Crippen molar-refractivity contribution in [1.29, 1.82) is 0 Å². The number of non-ortho nitro benzene ring substituents is 1. The summed E-state index contributed by atoms with van der Waals surface area (Å²) in [6, 6.07) is 9.02.